The predicted molar refractivity (Wildman–Crippen MR) is 65.1 cm³/mol. The van der Waals surface area contributed by atoms with Gasteiger partial charge >= 0.3 is 0 Å². The van der Waals surface area contributed by atoms with Gasteiger partial charge in [0.2, 0.25) is 5.91 Å². The quantitative estimate of drug-likeness (QED) is 0.615. The zero-order valence-electron chi connectivity index (χ0n) is 9.05. The van der Waals surface area contributed by atoms with Gasteiger partial charge in [-0.2, -0.15) is 0 Å². The van der Waals surface area contributed by atoms with Gasteiger partial charge in [0.15, 0.2) is 0 Å². The Morgan fingerprint density at radius 2 is 2.35 bits per heavy atom. The molecule has 3 N–H and O–H groups in total. The van der Waals surface area contributed by atoms with E-state index in [1.807, 2.05) is 0 Å². The number of anilines is 1. The number of nitrogens with one attached hydrogen (secondary N) is 1. The second-order valence-corrected chi connectivity index (χ2v) is 4.57. The van der Waals surface area contributed by atoms with Gasteiger partial charge in [-0.05, 0) is 12.1 Å². The number of carbonyl (C=O) groups is 2. The average molecular weight is 252 g/mol. The van der Waals surface area contributed by atoms with Crippen molar-refractivity contribution in [1.82, 2.24) is 9.88 Å². The monoisotopic (exact) mass is 252 g/mol. The number of carbonyl (C=O) groups excluding carboxylic acids is 2. The molecule has 17 heavy (non-hydrogen) atoms. The van der Waals surface area contributed by atoms with Gasteiger partial charge in [-0.25, -0.2) is 0 Å². The Hall–Kier alpha value is -1.60. The Kier molecular flexibility index (Phi) is 3.60. The molecule has 2 heterocycles. The third-order valence-electron chi connectivity index (χ3n) is 2.37. The molecule has 0 aromatic carbocycles. The molecule has 0 bridgehead atoms. The number of nitrogen functional groups attached to an aromatic ring is 1. The fourth-order valence-electron chi connectivity index (χ4n) is 1.51. The summed E-state index contributed by atoms with van der Waals surface area (Å²) in [7, 11) is 0. The van der Waals surface area contributed by atoms with E-state index in [0.717, 1.165) is 11.8 Å². The van der Waals surface area contributed by atoms with Crippen molar-refractivity contribution in [2.75, 3.05) is 11.2 Å². The van der Waals surface area contributed by atoms with Crippen molar-refractivity contribution in [2.45, 2.75) is 13.0 Å². The number of amides is 2. The van der Waals surface area contributed by atoms with Gasteiger partial charge in [-0.15, -0.1) is 0 Å². The van der Waals surface area contributed by atoms with Gasteiger partial charge in [-0.1, -0.05) is 11.8 Å². The van der Waals surface area contributed by atoms with E-state index in [2.05, 4.69) is 10.4 Å². The highest BCUT2D eigenvalue weighted by molar-refractivity contribution is 8.13. The van der Waals surface area contributed by atoms with Crippen LogP contribution < -0.4 is 11.3 Å². The number of thioether (sulfide) groups is 1. The van der Waals surface area contributed by atoms with Gasteiger partial charge in [0.05, 0.1) is 17.9 Å². The maximum absolute atomic E-state index is 11.6. The van der Waals surface area contributed by atoms with Crippen molar-refractivity contribution in [3.05, 3.63) is 24.0 Å². The normalized spacial score (nSPS) is 16.2. The van der Waals surface area contributed by atoms with Crippen LogP contribution in [0.5, 0.6) is 0 Å². The summed E-state index contributed by atoms with van der Waals surface area (Å²) in [6.45, 7) is 0.195. The highest BCUT2D eigenvalue weighted by Crippen LogP contribution is 2.20. The van der Waals surface area contributed by atoms with Crippen LogP contribution in [0.4, 0.5) is 10.5 Å². The lowest BCUT2D eigenvalue weighted by Crippen LogP contribution is -2.37. The topological polar surface area (TPSA) is 88.3 Å². The second kappa shape index (κ2) is 5.15. The number of nitrogens with zero attached hydrogens (tertiary/aromatic N) is 2. The maximum atomic E-state index is 11.6. The van der Waals surface area contributed by atoms with Crippen molar-refractivity contribution in [3.63, 3.8) is 0 Å². The van der Waals surface area contributed by atoms with Crippen LogP contribution >= 0.6 is 11.8 Å². The van der Waals surface area contributed by atoms with Gasteiger partial charge < -0.3 is 5.43 Å². The third-order valence-corrected chi connectivity index (χ3v) is 3.24. The first-order valence-corrected chi connectivity index (χ1v) is 6.08. The third kappa shape index (κ3) is 2.75. The Morgan fingerprint density at radius 3 is 3.06 bits per heavy atom. The molecule has 2 amide bonds. The molecule has 2 rings (SSSR count). The average Bonchev–Trinajstić information content (AvgIpc) is 2.34. The SMILES string of the molecule is NNc1ccnc(CN2C(=O)CCSC2=O)c1. The molecule has 0 radical (unpaired) electrons. The Bertz CT molecular complexity index is 436. The van der Waals surface area contributed by atoms with Crippen molar-refractivity contribution in [3.8, 4) is 0 Å². The molecule has 1 aromatic heterocycles. The van der Waals surface area contributed by atoms with E-state index in [1.165, 1.54) is 4.90 Å². The van der Waals surface area contributed by atoms with Crippen LogP contribution in [0, 0.1) is 0 Å². The van der Waals surface area contributed by atoms with Crippen LogP contribution in [-0.2, 0) is 11.3 Å². The Labute approximate surface area is 103 Å². The summed E-state index contributed by atoms with van der Waals surface area (Å²) in [5, 5.41) is -0.214. The lowest BCUT2D eigenvalue weighted by molar-refractivity contribution is -0.128. The van der Waals surface area contributed by atoms with Crippen LogP contribution in [-0.4, -0.2) is 26.8 Å². The number of hydrazine groups is 1. The van der Waals surface area contributed by atoms with E-state index in [9.17, 15) is 9.59 Å². The van der Waals surface area contributed by atoms with E-state index in [4.69, 9.17) is 5.84 Å². The van der Waals surface area contributed by atoms with Crippen LogP contribution in [0.15, 0.2) is 18.3 Å². The lowest BCUT2D eigenvalue weighted by Gasteiger charge is -2.23. The summed E-state index contributed by atoms with van der Waals surface area (Å²) in [5.41, 5.74) is 3.82. The fourth-order valence-corrected chi connectivity index (χ4v) is 2.28. The van der Waals surface area contributed by atoms with Crippen molar-refractivity contribution in [2.24, 2.45) is 5.84 Å². The number of aromatic nitrogens is 1. The van der Waals surface area contributed by atoms with Gasteiger partial charge in [0.1, 0.15) is 0 Å². The Balaban J connectivity index is 2.13. The molecule has 1 aromatic rings. The highest BCUT2D eigenvalue weighted by Gasteiger charge is 2.26. The number of hydrogen-bond donors (Lipinski definition) is 2. The molecule has 0 unspecified atom stereocenters. The van der Waals surface area contributed by atoms with E-state index in [1.54, 1.807) is 18.3 Å². The van der Waals surface area contributed by atoms with Crippen LogP contribution in [0.1, 0.15) is 12.1 Å². The number of pyridine rings is 1. The predicted octanol–water partition coefficient (Wildman–Crippen LogP) is 0.953. The number of imide groups is 1. The van der Waals surface area contributed by atoms with Gasteiger partial charge in [0, 0.05) is 18.4 Å². The minimum Gasteiger partial charge on any atom is -0.324 e. The van der Waals surface area contributed by atoms with Gasteiger partial charge in [-0.3, -0.25) is 25.3 Å². The molecule has 6 nitrogen and oxygen atoms in total. The molecule has 7 heteroatoms. The molecule has 0 aliphatic carbocycles. The first kappa shape index (κ1) is 11.9. The molecule has 0 saturated carbocycles. The zero-order valence-corrected chi connectivity index (χ0v) is 9.87. The number of nitrogens with two attached hydrogens (primary N) is 1. The first-order valence-electron chi connectivity index (χ1n) is 5.09. The summed E-state index contributed by atoms with van der Waals surface area (Å²) >= 11 is 1.16. The fraction of sp³-hybridized carbons (Fsp3) is 0.300. The Morgan fingerprint density at radius 1 is 1.53 bits per heavy atom. The summed E-state index contributed by atoms with van der Waals surface area (Å²) in [5.74, 6) is 5.69. The molecule has 1 aliphatic rings. The van der Waals surface area contributed by atoms with Crippen LogP contribution in [0.2, 0.25) is 0 Å². The standard InChI is InChI=1S/C10H12N4O2S/c11-13-7-1-3-12-8(5-7)6-14-9(15)2-4-17-10(14)16/h1,3,5H,2,4,6,11H2,(H,12,13). The summed E-state index contributed by atoms with van der Waals surface area (Å²) in [6, 6.07) is 3.41. The van der Waals surface area contributed by atoms with Crippen molar-refractivity contribution in [1.29, 1.82) is 0 Å². The van der Waals surface area contributed by atoms with E-state index >= 15 is 0 Å². The zero-order chi connectivity index (χ0) is 12.3. The molecular weight excluding hydrogens is 240 g/mol. The highest BCUT2D eigenvalue weighted by atomic mass is 32.2. The molecule has 90 valence electrons. The molecule has 1 aliphatic heterocycles. The molecule has 1 saturated heterocycles. The first-order chi connectivity index (χ1) is 8.20. The smallest absolute Gasteiger partial charge is 0.288 e. The maximum Gasteiger partial charge on any atom is 0.288 e. The van der Waals surface area contributed by atoms with E-state index in [-0.39, 0.29) is 17.7 Å². The summed E-state index contributed by atoms with van der Waals surface area (Å²) < 4.78 is 0. The minimum atomic E-state index is -0.214. The number of hydrogen-bond acceptors (Lipinski definition) is 6. The van der Waals surface area contributed by atoms with E-state index < -0.39 is 0 Å². The van der Waals surface area contributed by atoms with Gasteiger partial charge in [0.25, 0.3) is 5.24 Å². The van der Waals surface area contributed by atoms with Crippen molar-refractivity contribution < 1.29 is 9.59 Å². The van der Waals surface area contributed by atoms with Crippen molar-refractivity contribution >= 4 is 28.6 Å². The molecule has 0 spiro atoms. The number of rotatable bonds is 3. The minimum absolute atomic E-state index is 0.151. The lowest BCUT2D eigenvalue weighted by atomic mass is 10.3. The summed E-state index contributed by atoms with van der Waals surface area (Å²) in [6.07, 6.45) is 1.97. The summed E-state index contributed by atoms with van der Waals surface area (Å²) in [4.78, 5) is 28.5. The molecule has 0 atom stereocenters. The molecular formula is C10H12N4O2S. The van der Waals surface area contributed by atoms with Crippen LogP contribution in [0.25, 0.3) is 0 Å². The van der Waals surface area contributed by atoms with Crippen LogP contribution in [0.3, 0.4) is 0 Å². The molecule has 1 fully saturated rings. The second-order valence-electron chi connectivity index (χ2n) is 3.52. The largest absolute Gasteiger partial charge is 0.324 e. The van der Waals surface area contributed by atoms with E-state index in [0.29, 0.717) is 23.6 Å².